The molecule has 1 aliphatic heterocycles. The van der Waals surface area contributed by atoms with Crippen LogP contribution in [0.1, 0.15) is 66.2 Å². The van der Waals surface area contributed by atoms with Crippen LogP contribution in [0.3, 0.4) is 0 Å². The topological polar surface area (TPSA) is 52.6 Å². The van der Waals surface area contributed by atoms with Crippen molar-refractivity contribution < 1.29 is 9.90 Å². The third kappa shape index (κ3) is 5.06. The predicted molar refractivity (Wildman–Crippen MR) is 83.0 cm³/mol. The van der Waals surface area contributed by atoms with Gasteiger partial charge >= 0.3 is 5.97 Å². The van der Waals surface area contributed by atoms with Gasteiger partial charge in [0.05, 0.1) is 0 Å². The molecule has 1 heterocycles. The van der Waals surface area contributed by atoms with E-state index in [1.165, 1.54) is 32.1 Å². The third-order valence-corrected chi connectivity index (χ3v) is 4.45. The van der Waals surface area contributed by atoms with Crippen LogP contribution in [0.15, 0.2) is 0 Å². The van der Waals surface area contributed by atoms with Crippen molar-refractivity contribution in [2.24, 2.45) is 0 Å². The highest BCUT2D eigenvalue weighted by Gasteiger charge is 2.34. The number of nitrogens with one attached hydrogen (secondary N) is 1. The highest BCUT2D eigenvalue weighted by Crippen LogP contribution is 2.21. The summed E-state index contributed by atoms with van der Waals surface area (Å²) in [5, 5.41) is 12.7. The minimum atomic E-state index is -0.821. The van der Waals surface area contributed by atoms with E-state index < -0.39 is 11.5 Å². The highest BCUT2D eigenvalue weighted by atomic mass is 16.4. The summed E-state index contributed by atoms with van der Waals surface area (Å²) in [4.78, 5) is 14.1. The van der Waals surface area contributed by atoms with Crippen LogP contribution in [0.2, 0.25) is 0 Å². The SMILES string of the molecule is CCC1CCCCCN1CCC(C)(NC(C)C)C(=O)O. The number of nitrogens with zero attached hydrogens (tertiary/aromatic N) is 1. The van der Waals surface area contributed by atoms with E-state index in [1.807, 2.05) is 20.8 Å². The van der Waals surface area contributed by atoms with E-state index in [2.05, 4.69) is 17.1 Å². The van der Waals surface area contributed by atoms with Gasteiger partial charge in [0.25, 0.3) is 0 Å². The Morgan fingerprint density at radius 1 is 1.40 bits per heavy atom. The monoisotopic (exact) mass is 284 g/mol. The Morgan fingerprint density at radius 3 is 2.65 bits per heavy atom. The molecule has 20 heavy (non-hydrogen) atoms. The molecule has 0 amide bonds. The molecule has 1 fully saturated rings. The van der Waals surface area contributed by atoms with E-state index in [1.54, 1.807) is 0 Å². The first-order chi connectivity index (χ1) is 9.39. The normalized spacial score (nSPS) is 24.4. The summed E-state index contributed by atoms with van der Waals surface area (Å²) in [6.45, 7) is 10.1. The summed E-state index contributed by atoms with van der Waals surface area (Å²) < 4.78 is 0. The first-order valence-electron chi connectivity index (χ1n) is 8.14. The number of hydrogen-bond acceptors (Lipinski definition) is 3. The summed E-state index contributed by atoms with van der Waals surface area (Å²) >= 11 is 0. The molecule has 0 spiro atoms. The fourth-order valence-electron chi connectivity index (χ4n) is 3.24. The maximum Gasteiger partial charge on any atom is 0.323 e. The molecule has 2 N–H and O–H groups in total. The molecule has 4 nitrogen and oxygen atoms in total. The van der Waals surface area contributed by atoms with Gasteiger partial charge in [-0.3, -0.25) is 10.1 Å². The molecule has 0 bridgehead atoms. The number of carboxylic acids is 1. The lowest BCUT2D eigenvalue weighted by Gasteiger charge is -2.34. The first kappa shape index (κ1) is 17.4. The molecule has 2 unspecified atom stereocenters. The van der Waals surface area contributed by atoms with Crippen LogP contribution >= 0.6 is 0 Å². The molecule has 4 heteroatoms. The van der Waals surface area contributed by atoms with Crippen molar-refractivity contribution in [3.63, 3.8) is 0 Å². The largest absolute Gasteiger partial charge is 0.480 e. The predicted octanol–water partition coefficient (Wildman–Crippen LogP) is 2.87. The Hall–Kier alpha value is -0.610. The highest BCUT2D eigenvalue weighted by molar-refractivity contribution is 5.78. The van der Waals surface area contributed by atoms with Crippen molar-refractivity contribution in [2.45, 2.75) is 83.8 Å². The Bertz CT molecular complexity index is 307. The summed E-state index contributed by atoms with van der Waals surface area (Å²) in [6, 6.07) is 0.816. The number of rotatable bonds is 7. The zero-order valence-electron chi connectivity index (χ0n) is 13.6. The second-order valence-electron chi connectivity index (χ2n) is 6.63. The van der Waals surface area contributed by atoms with E-state index in [0.29, 0.717) is 12.5 Å². The van der Waals surface area contributed by atoms with E-state index in [-0.39, 0.29) is 6.04 Å². The average Bonchev–Trinajstić information content (AvgIpc) is 2.60. The Morgan fingerprint density at radius 2 is 2.10 bits per heavy atom. The summed E-state index contributed by atoms with van der Waals surface area (Å²) in [7, 11) is 0. The minimum absolute atomic E-state index is 0.183. The standard InChI is InChI=1S/C16H32N2O2/c1-5-14-9-7-6-8-11-18(14)12-10-16(4,15(19)20)17-13(2)3/h13-14,17H,5-12H2,1-4H3,(H,19,20). The molecule has 1 aliphatic rings. The summed E-state index contributed by atoms with van der Waals surface area (Å²) in [6.07, 6.45) is 6.97. The molecule has 0 aromatic rings. The van der Waals surface area contributed by atoms with Crippen LogP contribution in [0.5, 0.6) is 0 Å². The average molecular weight is 284 g/mol. The van der Waals surface area contributed by atoms with Crippen molar-refractivity contribution in [2.75, 3.05) is 13.1 Å². The second-order valence-corrected chi connectivity index (χ2v) is 6.63. The van der Waals surface area contributed by atoms with Crippen LogP contribution in [0.25, 0.3) is 0 Å². The molecule has 0 saturated carbocycles. The fraction of sp³-hybridized carbons (Fsp3) is 0.938. The van der Waals surface area contributed by atoms with Crippen LogP contribution in [-0.2, 0) is 4.79 Å². The van der Waals surface area contributed by atoms with E-state index in [4.69, 9.17) is 0 Å². The molecular formula is C16H32N2O2. The Balaban J connectivity index is 2.62. The maximum absolute atomic E-state index is 11.6. The van der Waals surface area contributed by atoms with Gasteiger partial charge in [0, 0.05) is 18.6 Å². The van der Waals surface area contributed by atoms with E-state index >= 15 is 0 Å². The minimum Gasteiger partial charge on any atom is -0.480 e. The van der Waals surface area contributed by atoms with Crippen molar-refractivity contribution in [1.29, 1.82) is 0 Å². The zero-order valence-corrected chi connectivity index (χ0v) is 13.6. The lowest BCUT2D eigenvalue weighted by Crippen LogP contribution is -2.54. The van der Waals surface area contributed by atoms with Crippen LogP contribution in [0.4, 0.5) is 0 Å². The third-order valence-electron chi connectivity index (χ3n) is 4.45. The van der Waals surface area contributed by atoms with Crippen molar-refractivity contribution in [3.8, 4) is 0 Å². The fourth-order valence-corrected chi connectivity index (χ4v) is 3.24. The number of carboxylic acid groups (broad SMARTS) is 1. The number of aliphatic carboxylic acids is 1. The van der Waals surface area contributed by atoms with Crippen molar-refractivity contribution in [3.05, 3.63) is 0 Å². The lowest BCUT2D eigenvalue weighted by molar-refractivity contribution is -0.145. The smallest absolute Gasteiger partial charge is 0.323 e. The molecule has 118 valence electrons. The molecule has 1 saturated heterocycles. The lowest BCUT2D eigenvalue weighted by atomic mass is 9.95. The number of hydrogen-bond donors (Lipinski definition) is 2. The molecule has 0 aliphatic carbocycles. The van der Waals surface area contributed by atoms with Gasteiger partial charge in [0.15, 0.2) is 0 Å². The number of likely N-dealkylation sites (tertiary alicyclic amines) is 1. The van der Waals surface area contributed by atoms with Gasteiger partial charge in [-0.25, -0.2) is 0 Å². The maximum atomic E-state index is 11.6. The van der Waals surface area contributed by atoms with Gasteiger partial charge in [0.1, 0.15) is 5.54 Å². The number of carbonyl (C=O) groups is 1. The molecule has 0 aromatic carbocycles. The van der Waals surface area contributed by atoms with Gasteiger partial charge in [-0.15, -0.1) is 0 Å². The first-order valence-corrected chi connectivity index (χ1v) is 8.14. The molecule has 2 atom stereocenters. The van der Waals surface area contributed by atoms with Gasteiger partial charge in [-0.05, 0) is 53.0 Å². The molecule has 0 radical (unpaired) electrons. The van der Waals surface area contributed by atoms with Crippen LogP contribution in [0, 0.1) is 0 Å². The van der Waals surface area contributed by atoms with Gasteiger partial charge < -0.3 is 10.0 Å². The van der Waals surface area contributed by atoms with Crippen molar-refractivity contribution >= 4 is 5.97 Å². The second kappa shape index (κ2) is 7.99. The zero-order chi connectivity index (χ0) is 15.2. The van der Waals surface area contributed by atoms with Crippen LogP contribution < -0.4 is 5.32 Å². The van der Waals surface area contributed by atoms with Gasteiger partial charge in [-0.2, -0.15) is 0 Å². The Labute approximate surface area is 123 Å². The van der Waals surface area contributed by atoms with E-state index in [0.717, 1.165) is 13.1 Å². The van der Waals surface area contributed by atoms with Gasteiger partial charge in [-0.1, -0.05) is 19.8 Å². The quantitative estimate of drug-likeness (QED) is 0.755. The van der Waals surface area contributed by atoms with E-state index in [9.17, 15) is 9.90 Å². The van der Waals surface area contributed by atoms with Gasteiger partial charge in [0.2, 0.25) is 0 Å². The molecule has 1 rings (SSSR count). The summed E-state index contributed by atoms with van der Waals surface area (Å²) in [5.41, 5.74) is -0.821. The van der Waals surface area contributed by atoms with Crippen LogP contribution in [-0.4, -0.2) is 46.7 Å². The van der Waals surface area contributed by atoms with Crippen molar-refractivity contribution in [1.82, 2.24) is 10.2 Å². The molecular weight excluding hydrogens is 252 g/mol. The molecule has 0 aromatic heterocycles. The Kier molecular flexibility index (Phi) is 6.96. The summed E-state index contributed by atoms with van der Waals surface area (Å²) in [5.74, 6) is -0.742.